The second-order valence-corrected chi connectivity index (χ2v) is 14.4. The third-order valence-electron chi connectivity index (χ3n) is 6.22. The van der Waals surface area contributed by atoms with Gasteiger partial charge in [0.2, 0.25) is 15.7 Å². The molecule has 2 aromatic carbocycles. The number of nitrogen functional groups attached to an aromatic ring is 1. The van der Waals surface area contributed by atoms with Gasteiger partial charge in [0.05, 0.1) is 30.3 Å². The maximum Gasteiger partial charge on any atom is 0.490 e. The lowest BCUT2D eigenvalue weighted by Gasteiger charge is -2.16. The van der Waals surface area contributed by atoms with Crippen molar-refractivity contribution in [3.63, 3.8) is 0 Å². The van der Waals surface area contributed by atoms with Gasteiger partial charge in [0, 0.05) is 18.4 Å². The first-order valence-electron chi connectivity index (χ1n) is 14.5. The van der Waals surface area contributed by atoms with Gasteiger partial charge in [-0.05, 0) is 67.5 Å². The quantitative estimate of drug-likeness (QED) is 0.0378. The summed E-state index contributed by atoms with van der Waals surface area (Å²) in [4.78, 5) is 45.9. The van der Waals surface area contributed by atoms with Crippen LogP contribution in [-0.4, -0.2) is 78.0 Å². The van der Waals surface area contributed by atoms with Crippen LogP contribution >= 0.6 is 23.1 Å². The predicted molar refractivity (Wildman–Crippen MR) is 187 cm³/mol. The van der Waals surface area contributed by atoms with E-state index in [2.05, 4.69) is 10.3 Å². The van der Waals surface area contributed by atoms with Gasteiger partial charge in [0.25, 0.3) is 0 Å². The Morgan fingerprint density at radius 1 is 0.907 bits per heavy atom. The molecule has 0 bridgehead atoms. The number of thioether (sulfide) groups is 1. The first kappa shape index (κ1) is 46.7. The van der Waals surface area contributed by atoms with Crippen molar-refractivity contribution in [3.8, 4) is 11.1 Å². The van der Waals surface area contributed by atoms with Crippen LogP contribution in [0.3, 0.4) is 0 Å². The molecule has 0 aliphatic rings. The number of amides is 1. The number of sulfone groups is 1. The Bertz CT molecular complexity index is 1990. The molecule has 54 heavy (non-hydrogen) atoms. The van der Waals surface area contributed by atoms with Crippen LogP contribution in [0.2, 0.25) is 0 Å². The maximum absolute atomic E-state index is 13.7. The van der Waals surface area contributed by atoms with Crippen molar-refractivity contribution in [1.82, 2.24) is 0 Å². The van der Waals surface area contributed by atoms with Gasteiger partial charge < -0.3 is 37.8 Å². The largest absolute Gasteiger partial charge is 0.490 e. The summed E-state index contributed by atoms with van der Waals surface area (Å²) in [5, 5.41) is 33.6. The zero-order valence-corrected chi connectivity index (χ0v) is 30.3. The molecule has 1 aromatic heterocycles. The number of halogens is 6. The normalized spacial score (nSPS) is 11.2. The van der Waals surface area contributed by atoms with Crippen molar-refractivity contribution in [2.75, 3.05) is 11.6 Å². The molecule has 0 aliphatic carbocycles. The number of carbonyl (C=O) groups excluding carboxylic acids is 1. The van der Waals surface area contributed by atoms with Crippen molar-refractivity contribution in [2.45, 2.75) is 59.0 Å². The molecule has 0 radical (unpaired) electrons. The number of carboxylic acid groups (broad SMARTS) is 3. The Labute approximate surface area is 310 Å². The number of rotatable bonds is 12. The highest BCUT2D eigenvalue weighted by Gasteiger charge is 2.39. The molecule has 0 unspecified atom stereocenters. The van der Waals surface area contributed by atoms with Gasteiger partial charge in [0.15, 0.2) is 5.96 Å². The van der Waals surface area contributed by atoms with Crippen LogP contribution in [0.4, 0.5) is 37.7 Å². The minimum atomic E-state index is -5.08. The molecule has 0 fully saturated rings. The van der Waals surface area contributed by atoms with Crippen LogP contribution in [0, 0.1) is 12.3 Å². The predicted octanol–water partition coefficient (Wildman–Crippen LogP) is 5.32. The number of hydrogen-bond acceptors (Lipinski definition) is 10. The van der Waals surface area contributed by atoms with E-state index in [4.69, 9.17) is 47.5 Å². The highest BCUT2D eigenvalue weighted by molar-refractivity contribution is 8.01. The fourth-order valence-electron chi connectivity index (χ4n) is 4.00. The van der Waals surface area contributed by atoms with Gasteiger partial charge in [-0.2, -0.15) is 26.3 Å². The number of nitrogens with two attached hydrogens (primary N) is 3. The molecule has 24 heteroatoms. The maximum atomic E-state index is 13.7. The number of aliphatic imine (C=N–C) groups is 1. The van der Waals surface area contributed by atoms with E-state index >= 15 is 0 Å². The number of benzene rings is 2. The number of carbonyl (C=O) groups is 4. The molecule has 0 saturated heterocycles. The number of amidine groups is 1. The molecule has 0 saturated carbocycles. The monoisotopic (exact) mass is 830 g/mol. The number of aryl methyl sites for hydroxylation is 1. The van der Waals surface area contributed by atoms with Crippen molar-refractivity contribution in [1.29, 1.82) is 5.41 Å². The zero-order valence-electron chi connectivity index (χ0n) is 27.8. The molecule has 3 rings (SSSR count). The Balaban J connectivity index is 0.000000879. The fraction of sp³-hybridized carbons (Fsp3) is 0.267. The molecular formula is C30H32F6N6O9S3. The number of alkyl halides is 6. The number of hydrogen-bond donors (Lipinski definition) is 8. The highest BCUT2D eigenvalue weighted by Crippen LogP contribution is 2.40. The van der Waals surface area contributed by atoms with E-state index in [1.54, 1.807) is 37.4 Å². The topological polar surface area (TPSA) is 289 Å². The Kier molecular flexibility index (Phi) is 17.0. The molecule has 15 nitrogen and oxygen atoms in total. The Morgan fingerprint density at radius 3 is 1.91 bits per heavy atom. The summed E-state index contributed by atoms with van der Waals surface area (Å²) in [5.74, 6) is -7.16. The molecule has 0 aliphatic heterocycles. The van der Waals surface area contributed by atoms with Gasteiger partial charge in [-0.1, -0.05) is 12.1 Å². The van der Waals surface area contributed by atoms with Crippen molar-refractivity contribution in [2.24, 2.45) is 22.2 Å². The van der Waals surface area contributed by atoms with Gasteiger partial charge in [0.1, 0.15) is 5.84 Å². The molecule has 1 amide bonds. The van der Waals surface area contributed by atoms with E-state index in [-0.39, 0.29) is 40.3 Å². The molecule has 0 spiro atoms. The summed E-state index contributed by atoms with van der Waals surface area (Å²) in [7, 11) is -3.97. The van der Waals surface area contributed by atoms with Crippen LogP contribution in [-0.2, 0) is 29.0 Å². The van der Waals surface area contributed by atoms with Crippen molar-refractivity contribution >= 4 is 79.9 Å². The SMILES string of the molecule is CSc1sc(C(=N)N)cc1S(=O)(=O)c1cccc(-c2c(C)cc(N=C(N)N)cc2NC(=O)CCCCC(=O)O)c1.O=C(O)C(F)(F)F.O=C(O)C(F)(F)F. The van der Waals surface area contributed by atoms with Crippen molar-refractivity contribution in [3.05, 3.63) is 52.9 Å². The Morgan fingerprint density at radius 2 is 1.44 bits per heavy atom. The fourth-order valence-corrected chi connectivity index (χ4v) is 7.91. The first-order valence-corrected chi connectivity index (χ1v) is 18.0. The van der Waals surface area contributed by atoms with E-state index < -0.39 is 40.1 Å². The Hall–Kier alpha value is -5.36. The minimum absolute atomic E-state index is 0.0326. The lowest BCUT2D eigenvalue weighted by molar-refractivity contribution is -0.193. The highest BCUT2D eigenvalue weighted by atomic mass is 32.2. The summed E-state index contributed by atoms with van der Waals surface area (Å²) < 4.78 is 91.3. The van der Waals surface area contributed by atoms with Crippen LogP contribution < -0.4 is 22.5 Å². The molecule has 3 aromatic rings. The minimum Gasteiger partial charge on any atom is -0.481 e. The number of carboxylic acids is 3. The van der Waals surface area contributed by atoms with Crippen LogP contribution in [0.25, 0.3) is 11.1 Å². The zero-order chi connectivity index (χ0) is 41.8. The average molecular weight is 831 g/mol. The average Bonchev–Trinajstić information content (AvgIpc) is 3.49. The standard InChI is InChI=1S/C26H30N6O5S3.2C2HF3O2/c1-14-10-16(31-26(29)30)12-18(32-21(33)8-3-4-9-22(34)35)23(14)15-6-5-7-17(11-15)40(36,37)20-13-19(24(27)28)39-25(20)38-2;2*3-2(4,5)1(6)7/h5-7,10-13H,3-4,8-9H2,1-2H3,(H3,27,28)(H,32,33)(H,34,35)(H4,29,30,31);2*(H,6,7). The molecule has 11 N–H and O–H groups in total. The van der Waals surface area contributed by atoms with E-state index in [9.17, 15) is 44.3 Å². The van der Waals surface area contributed by atoms with E-state index in [1.165, 1.54) is 30.0 Å². The lowest BCUT2D eigenvalue weighted by atomic mass is 9.97. The number of nitrogens with one attached hydrogen (secondary N) is 2. The summed E-state index contributed by atoms with van der Waals surface area (Å²) >= 11 is 2.40. The summed E-state index contributed by atoms with van der Waals surface area (Å²) in [6, 6.07) is 11.1. The van der Waals surface area contributed by atoms with Gasteiger partial charge >= 0.3 is 30.3 Å². The van der Waals surface area contributed by atoms with Gasteiger partial charge in [-0.3, -0.25) is 15.0 Å². The third kappa shape index (κ3) is 14.6. The second kappa shape index (κ2) is 19.6. The van der Waals surface area contributed by atoms with Gasteiger partial charge in [-0.15, -0.1) is 23.1 Å². The van der Waals surface area contributed by atoms with E-state index in [0.29, 0.717) is 50.0 Å². The first-order chi connectivity index (χ1) is 24.7. The number of anilines is 1. The smallest absolute Gasteiger partial charge is 0.481 e. The molecule has 296 valence electrons. The van der Waals surface area contributed by atoms with E-state index in [1.807, 2.05) is 0 Å². The summed E-state index contributed by atoms with van der Waals surface area (Å²) in [6.45, 7) is 1.79. The number of unbranched alkanes of at least 4 members (excludes halogenated alkanes) is 1. The lowest BCUT2D eigenvalue weighted by Crippen LogP contribution is -2.22. The van der Waals surface area contributed by atoms with Crippen LogP contribution in [0.1, 0.15) is 36.1 Å². The number of aliphatic carboxylic acids is 3. The number of guanidine groups is 1. The second-order valence-electron chi connectivity index (χ2n) is 10.4. The molecule has 0 atom stereocenters. The van der Waals surface area contributed by atoms with Crippen molar-refractivity contribution < 1.29 is 69.3 Å². The van der Waals surface area contributed by atoms with E-state index in [0.717, 1.165) is 11.3 Å². The third-order valence-corrected chi connectivity index (χ3v) is 10.6. The van der Waals surface area contributed by atoms with Crippen LogP contribution in [0.5, 0.6) is 0 Å². The van der Waals surface area contributed by atoms with Gasteiger partial charge in [-0.25, -0.2) is 23.0 Å². The van der Waals surface area contributed by atoms with Crippen LogP contribution in [0.15, 0.2) is 61.5 Å². The molecule has 1 heterocycles. The number of nitrogens with zero attached hydrogens (tertiary/aromatic N) is 1. The molecular weight excluding hydrogens is 799 g/mol. The number of thiophene rings is 1. The summed E-state index contributed by atoms with van der Waals surface area (Å²) in [5.41, 5.74) is 19.3. The summed E-state index contributed by atoms with van der Waals surface area (Å²) in [6.07, 6.45) is -7.61.